The van der Waals surface area contributed by atoms with Crippen molar-refractivity contribution < 1.29 is 34.9 Å². The minimum Gasteiger partial charge on any atom is -0.491 e. The number of nitro benzene ring substituents is 1. The number of ether oxygens (including phenoxy) is 4. The maximum atomic E-state index is 12.3. The highest BCUT2D eigenvalue weighted by atomic mass is 16.6. The SMILES string of the molecule is Cc1c(N)cccc1OC[C@@H]1CCCN1C(=O)OC(C)(C)C.Cc1c(OC[C@@H]2CCCN2C(=O)OC(C)(C)C)cccc1[N+](=O)[O-].[HH]. The highest BCUT2D eigenvalue weighted by molar-refractivity contribution is 5.69. The number of nitrogens with two attached hydrogens (primary N) is 1. The van der Waals surface area contributed by atoms with Crippen LogP contribution in [0, 0.1) is 24.0 Å². The van der Waals surface area contributed by atoms with E-state index >= 15 is 0 Å². The van der Waals surface area contributed by atoms with Crippen molar-refractivity contribution in [2.45, 2.75) is 104 Å². The van der Waals surface area contributed by atoms with Gasteiger partial charge in [0.25, 0.3) is 5.69 Å². The predicted molar refractivity (Wildman–Crippen MR) is 178 cm³/mol. The first-order valence-electron chi connectivity index (χ1n) is 15.8. The topological polar surface area (TPSA) is 147 Å². The Bertz CT molecular complexity index is 1370. The molecule has 256 valence electrons. The van der Waals surface area contributed by atoms with Crippen molar-refractivity contribution in [3.63, 3.8) is 0 Å². The van der Waals surface area contributed by atoms with E-state index in [0.29, 0.717) is 36.8 Å². The molecule has 0 unspecified atom stereocenters. The molecule has 0 bridgehead atoms. The number of nitrogens with zero attached hydrogens (tertiary/aromatic N) is 3. The minimum absolute atomic E-state index is 0. The maximum Gasteiger partial charge on any atom is 0.410 e. The van der Waals surface area contributed by atoms with Crippen LogP contribution in [-0.2, 0) is 9.47 Å². The number of rotatable bonds is 7. The largest absolute Gasteiger partial charge is 0.491 e. The summed E-state index contributed by atoms with van der Waals surface area (Å²) in [6.45, 7) is 16.8. The molecule has 2 aromatic carbocycles. The summed E-state index contributed by atoms with van der Waals surface area (Å²) in [6.07, 6.45) is 3.02. The lowest BCUT2D eigenvalue weighted by Crippen LogP contribution is -2.42. The first kappa shape index (κ1) is 36.3. The molecule has 2 fully saturated rings. The van der Waals surface area contributed by atoms with Gasteiger partial charge in [0.1, 0.15) is 35.9 Å². The summed E-state index contributed by atoms with van der Waals surface area (Å²) in [4.78, 5) is 38.5. The number of hydrogen-bond donors (Lipinski definition) is 1. The number of hydrogen-bond acceptors (Lipinski definition) is 9. The molecule has 12 heteroatoms. The van der Waals surface area contributed by atoms with Crippen LogP contribution in [0.2, 0.25) is 0 Å². The molecule has 0 aliphatic carbocycles. The smallest absolute Gasteiger partial charge is 0.410 e. The van der Waals surface area contributed by atoms with Gasteiger partial charge in [-0.1, -0.05) is 12.1 Å². The minimum atomic E-state index is -0.540. The van der Waals surface area contributed by atoms with Crippen molar-refractivity contribution in [3.8, 4) is 11.5 Å². The standard InChI is InChI=1S/C17H24N2O5.C17H26N2O3.H2/c1-12-14(19(21)22)8-5-9-15(12)23-11-13-7-6-10-18(13)16(20)24-17(2,3)4;1-12-14(18)8-5-9-15(12)21-11-13-7-6-10-19(13)16(20)22-17(2,3)4;/h5,8-9,13H,6-7,10-11H2,1-4H3;5,8-9,13H,6-7,10-11,18H2,1-4H3;1H/t2*13-;/m00./s1. The molecule has 0 saturated carbocycles. The fraction of sp³-hybridized carbons (Fsp3) is 0.588. The van der Waals surface area contributed by atoms with E-state index in [0.717, 1.165) is 43.5 Å². The van der Waals surface area contributed by atoms with Crippen LogP contribution >= 0.6 is 0 Å². The van der Waals surface area contributed by atoms with Crippen molar-refractivity contribution in [3.05, 3.63) is 57.6 Å². The highest BCUT2D eigenvalue weighted by Crippen LogP contribution is 2.29. The van der Waals surface area contributed by atoms with E-state index in [1.165, 1.54) is 6.07 Å². The Morgan fingerprint density at radius 2 is 1.26 bits per heavy atom. The van der Waals surface area contributed by atoms with Gasteiger partial charge in [0.15, 0.2) is 0 Å². The Morgan fingerprint density at radius 3 is 1.70 bits per heavy atom. The molecule has 2 saturated heterocycles. The monoisotopic (exact) mass is 644 g/mol. The van der Waals surface area contributed by atoms with Gasteiger partial charge in [-0.2, -0.15) is 0 Å². The molecule has 2 aliphatic heterocycles. The first-order chi connectivity index (χ1) is 21.5. The third-order valence-corrected chi connectivity index (χ3v) is 7.65. The van der Waals surface area contributed by atoms with Gasteiger partial charge in [0, 0.05) is 31.8 Å². The van der Waals surface area contributed by atoms with Gasteiger partial charge in [-0.05, 0) is 99.3 Å². The fourth-order valence-corrected chi connectivity index (χ4v) is 5.26. The van der Waals surface area contributed by atoms with Gasteiger partial charge in [0.05, 0.1) is 22.6 Å². The molecule has 4 rings (SSSR count). The summed E-state index contributed by atoms with van der Waals surface area (Å²) in [7, 11) is 0. The number of carbonyl (C=O) groups is 2. The lowest BCUT2D eigenvalue weighted by molar-refractivity contribution is -0.385. The number of amides is 2. The van der Waals surface area contributed by atoms with Crippen LogP contribution in [-0.4, -0.2) is 76.5 Å². The molecule has 2 aromatic rings. The molecule has 0 spiro atoms. The summed E-state index contributed by atoms with van der Waals surface area (Å²) in [5.41, 5.74) is 7.04. The number of benzene rings is 2. The summed E-state index contributed by atoms with van der Waals surface area (Å²) in [5.74, 6) is 1.25. The van der Waals surface area contributed by atoms with E-state index in [9.17, 15) is 19.7 Å². The lowest BCUT2D eigenvalue weighted by atomic mass is 10.2. The molecule has 0 radical (unpaired) electrons. The van der Waals surface area contributed by atoms with Crippen molar-refractivity contribution in [2.24, 2.45) is 0 Å². The number of anilines is 1. The second kappa shape index (κ2) is 15.4. The molecule has 2 N–H and O–H groups in total. The quantitative estimate of drug-likeness (QED) is 0.186. The number of carbonyl (C=O) groups excluding carboxylic acids is 2. The molecule has 0 aromatic heterocycles. The van der Waals surface area contributed by atoms with Crippen molar-refractivity contribution in [1.82, 2.24) is 9.80 Å². The molecule has 2 aliphatic rings. The highest BCUT2D eigenvalue weighted by Gasteiger charge is 2.34. The van der Waals surface area contributed by atoms with Crippen LogP contribution in [0.5, 0.6) is 11.5 Å². The zero-order chi connectivity index (χ0) is 34.2. The molecular formula is C34H52N4O8. The lowest BCUT2D eigenvalue weighted by Gasteiger charge is -2.28. The molecule has 12 nitrogen and oxygen atoms in total. The van der Waals surface area contributed by atoms with E-state index in [4.69, 9.17) is 24.7 Å². The third-order valence-electron chi connectivity index (χ3n) is 7.65. The second-order valence-electron chi connectivity index (χ2n) is 13.7. The summed E-state index contributed by atoms with van der Waals surface area (Å²) in [5, 5.41) is 11.0. The van der Waals surface area contributed by atoms with E-state index < -0.39 is 16.1 Å². The van der Waals surface area contributed by atoms with Crippen molar-refractivity contribution >= 4 is 23.6 Å². The first-order valence-corrected chi connectivity index (χ1v) is 15.8. The van der Waals surface area contributed by atoms with Gasteiger partial charge < -0.3 is 34.5 Å². The Kier molecular flexibility index (Phi) is 12.1. The average molecular weight is 645 g/mol. The van der Waals surface area contributed by atoms with Crippen LogP contribution in [0.3, 0.4) is 0 Å². The number of nitrogen functional groups attached to an aromatic ring is 1. The average Bonchev–Trinajstić information content (AvgIpc) is 3.61. The Labute approximate surface area is 273 Å². The summed E-state index contributed by atoms with van der Waals surface area (Å²) in [6, 6.07) is 10.3. The molecule has 2 atom stereocenters. The van der Waals surface area contributed by atoms with Gasteiger partial charge >= 0.3 is 12.2 Å². The van der Waals surface area contributed by atoms with Crippen LogP contribution in [0.15, 0.2) is 36.4 Å². The summed E-state index contributed by atoms with van der Waals surface area (Å²) >= 11 is 0. The Hall–Kier alpha value is -4.22. The van der Waals surface area contributed by atoms with Gasteiger partial charge in [-0.25, -0.2) is 9.59 Å². The van der Waals surface area contributed by atoms with Gasteiger partial charge in [-0.15, -0.1) is 0 Å². The molecule has 2 heterocycles. The normalized spacial score (nSPS) is 18.0. The van der Waals surface area contributed by atoms with E-state index in [-0.39, 0.29) is 31.4 Å². The Balaban J connectivity index is 0.000000321. The van der Waals surface area contributed by atoms with Gasteiger partial charge in [0.2, 0.25) is 0 Å². The molecule has 2 amide bonds. The van der Waals surface area contributed by atoms with Crippen molar-refractivity contribution in [2.75, 3.05) is 32.0 Å². The van der Waals surface area contributed by atoms with E-state index in [1.807, 2.05) is 66.7 Å². The van der Waals surface area contributed by atoms with Crippen molar-refractivity contribution in [1.29, 1.82) is 0 Å². The molecular weight excluding hydrogens is 592 g/mol. The fourth-order valence-electron chi connectivity index (χ4n) is 5.26. The number of nitro groups is 1. The van der Waals surface area contributed by atoms with Crippen LogP contribution < -0.4 is 15.2 Å². The maximum absolute atomic E-state index is 12.3. The Morgan fingerprint density at radius 1 is 0.826 bits per heavy atom. The predicted octanol–water partition coefficient (Wildman–Crippen LogP) is 7.28. The zero-order valence-corrected chi connectivity index (χ0v) is 28.5. The third kappa shape index (κ3) is 10.4. The van der Waals surface area contributed by atoms with Crippen LogP contribution in [0.4, 0.5) is 21.0 Å². The van der Waals surface area contributed by atoms with Crippen LogP contribution in [0.1, 0.15) is 79.8 Å². The van der Waals surface area contributed by atoms with E-state index in [2.05, 4.69) is 0 Å². The summed E-state index contributed by atoms with van der Waals surface area (Å²) < 4.78 is 22.5. The van der Waals surface area contributed by atoms with Gasteiger partial charge in [-0.3, -0.25) is 10.1 Å². The van der Waals surface area contributed by atoms with Crippen LogP contribution in [0.25, 0.3) is 0 Å². The molecule has 46 heavy (non-hydrogen) atoms. The zero-order valence-electron chi connectivity index (χ0n) is 28.5. The number of likely N-dealkylation sites (tertiary alicyclic amines) is 2. The van der Waals surface area contributed by atoms with E-state index in [1.54, 1.807) is 28.9 Å². The second-order valence-corrected chi connectivity index (χ2v) is 13.7.